The van der Waals surface area contributed by atoms with Crippen LogP contribution in [0.3, 0.4) is 0 Å². The second-order valence-corrected chi connectivity index (χ2v) is 12.4. The van der Waals surface area contributed by atoms with E-state index in [0.29, 0.717) is 19.3 Å². The number of rotatable bonds is 10. The van der Waals surface area contributed by atoms with Gasteiger partial charge < -0.3 is 50.0 Å². The van der Waals surface area contributed by atoms with Crippen LogP contribution < -0.4 is 0 Å². The van der Waals surface area contributed by atoms with Crippen molar-refractivity contribution in [2.45, 2.75) is 102 Å². The van der Waals surface area contributed by atoms with E-state index in [2.05, 4.69) is 6.08 Å². The number of aliphatic hydroxyl groups excluding tert-OH is 5. The standard InChI is InChI=1S/C27H44O12/c1-14-5-6-18-25(2,13-38-20(32)10-26(3,36)9-19(30)31)7-15(29)8-27(18,4)16(14)12-37-24-23(35)22(34)21(33)17(11-28)39-24/h5,15-18,21-24,28-29,33-36H,6-13H2,1-4H3,(H,30,31)/t15-,16-,17+,18-,21+,22-,23+,24+,25+,26-,27+/m0/s1. The summed E-state index contributed by atoms with van der Waals surface area (Å²) >= 11 is 0. The molecule has 1 aliphatic heterocycles. The molecule has 1 heterocycles. The second kappa shape index (κ2) is 12.1. The molecule has 11 atom stereocenters. The van der Waals surface area contributed by atoms with Gasteiger partial charge in [0.25, 0.3) is 0 Å². The first-order chi connectivity index (χ1) is 18.0. The molecule has 2 fully saturated rings. The number of hydrogen-bond donors (Lipinski definition) is 7. The molecule has 0 aromatic carbocycles. The van der Waals surface area contributed by atoms with Gasteiger partial charge in [0.15, 0.2) is 6.29 Å². The van der Waals surface area contributed by atoms with Crippen molar-refractivity contribution in [3.05, 3.63) is 11.6 Å². The highest BCUT2D eigenvalue weighted by Gasteiger charge is 2.57. The Labute approximate surface area is 228 Å². The molecule has 2 aliphatic carbocycles. The lowest BCUT2D eigenvalue weighted by molar-refractivity contribution is -0.305. The van der Waals surface area contributed by atoms with Gasteiger partial charge in [0, 0.05) is 11.3 Å². The Morgan fingerprint density at radius 3 is 2.38 bits per heavy atom. The highest BCUT2D eigenvalue weighted by molar-refractivity contribution is 5.73. The lowest BCUT2D eigenvalue weighted by atomic mass is 9.48. The molecule has 0 spiro atoms. The number of carboxylic acids is 1. The fraction of sp³-hybridized carbons (Fsp3) is 0.852. The number of ether oxygens (including phenoxy) is 3. The molecule has 0 amide bonds. The number of fused-ring (bicyclic) bond motifs is 1. The first-order valence-electron chi connectivity index (χ1n) is 13.4. The molecule has 1 saturated heterocycles. The minimum Gasteiger partial charge on any atom is -0.481 e. The van der Waals surface area contributed by atoms with Crippen LogP contribution in [-0.4, -0.2) is 110 Å². The van der Waals surface area contributed by atoms with Gasteiger partial charge in [0.1, 0.15) is 24.4 Å². The minimum atomic E-state index is -1.75. The Morgan fingerprint density at radius 2 is 1.77 bits per heavy atom. The van der Waals surface area contributed by atoms with Gasteiger partial charge in [-0.1, -0.05) is 25.5 Å². The van der Waals surface area contributed by atoms with Crippen LogP contribution in [0.5, 0.6) is 0 Å². The van der Waals surface area contributed by atoms with Crippen molar-refractivity contribution in [1.82, 2.24) is 0 Å². The topological polar surface area (TPSA) is 203 Å². The molecule has 3 aliphatic rings. The van der Waals surface area contributed by atoms with Gasteiger partial charge in [-0.05, 0) is 44.4 Å². The number of carboxylic acid groups (broad SMARTS) is 1. The quantitative estimate of drug-likeness (QED) is 0.136. The summed E-state index contributed by atoms with van der Waals surface area (Å²) in [7, 11) is 0. The third-order valence-corrected chi connectivity index (χ3v) is 8.93. The van der Waals surface area contributed by atoms with Crippen molar-refractivity contribution >= 4 is 11.9 Å². The number of hydrogen-bond acceptors (Lipinski definition) is 11. The molecule has 1 saturated carbocycles. The SMILES string of the molecule is CC1=CC[C@H]2[C@@](C)(COC(=O)C[C@@](C)(O)CC(=O)O)C[C@H](O)C[C@]2(C)[C@H]1CO[C@@H]1O[C@H](CO)[C@@H](O)[C@H](O)[C@H]1O. The monoisotopic (exact) mass is 560 g/mol. The fourth-order valence-corrected chi connectivity index (χ4v) is 6.98. The van der Waals surface area contributed by atoms with Gasteiger partial charge in [-0.3, -0.25) is 9.59 Å². The number of carbonyl (C=O) groups excluding carboxylic acids is 1. The van der Waals surface area contributed by atoms with Crippen LogP contribution in [0.1, 0.15) is 59.8 Å². The van der Waals surface area contributed by atoms with E-state index in [9.17, 15) is 40.2 Å². The van der Waals surface area contributed by atoms with Crippen LogP contribution in [0.25, 0.3) is 0 Å². The predicted octanol–water partition coefficient (Wildman–Crippen LogP) is -0.288. The van der Waals surface area contributed by atoms with Gasteiger partial charge in [-0.25, -0.2) is 0 Å². The summed E-state index contributed by atoms with van der Waals surface area (Å²) in [6.45, 7) is 6.66. The molecule has 7 N–H and O–H groups in total. The van der Waals surface area contributed by atoms with Crippen LogP contribution in [0.4, 0.5) is 0 Å². The van der Waals surface area contributed by atoms with Crippen LogP contribution in [0, 0.1) is 22.7 Å². The molecule has 0 aromatic heterocycles. The van der Waals surface area contributed by atoms with Crippen LogP contribution in [-0.2, 0) is 23.8 Å². The maximum absolute atomic E-state index is 12.5. The van der Waals surface area contributed by atoms with Crippen molar-refractivity contribution in [2.75, 3.05) is 19.8 Å². The molecule has 0 radical (unpaired) electrons. The zero-order valence-corrected chi connectivity index (χ0v) is 23.0. The molecule has 224 valence electrons. The summed E-state index contributed by atoms with van der Waals surface area (Å²) in [5.74, 6) is -2.24. The molecule has 0 unspecified atom stereocenters. The van der Waals surface area contributed by atoms with Crippen LogP contribution >= 0.6 is 0 Å². The Kier molecular flexibility index (Phi) is 9.87. The zero-order valence-electron chi connectivity index (χ0n) is 23.0. The molecule has 12 nitrogen and oxygen atoms in total. The summed E-state index contributed by atoms with van der Waals surface area (Å²) in [6, 6.07) is 0. The van der Waals surface area contributed by atoms with E-state index in [-0.39, 0.29) is 25.0 Å². The van der Waals surface area contributed by atoms with E-state index in [0.717, 1.165) is 5.57 Å². The summed E-state index contributed by atoms with van der Waals surface area (Å²) in [4.78, 5) is 23.5. The lowest BCUT2D eigenvalue weighted by Gasteiger charge is -2.58. The van der Waals surface area contributed by atoms with E-state index < -0.39 is 84.6 Å². The van der Waals surface area contributed by atoms with Gasteiger partial charge in [-0.2, -0.15) is 0 Å². The van der Waals surface area contributed by atoms with Gasteiger partial charge in [-0.15, -0.1) is 0 Å². The average Bonchev–Trinajstić information content (AvgIpc) is 2.80. The highest BCUT2D eigenvalue weighted by atomic mass is 16.7. The first kappa shape index (κ1) is 31.9. The Morgan fingerprint density at radius 1 is 1.10 bits per heavy atom. The summed E-state index contributed by atoms with van der Waals surface area (Å²) in [5, 5.41) is 70.1. The lowest BCUT2D eigenvalue weighted by Crippen LogP contribution is -2.60. The largest absolute Gasteiger partial charge is 0.481 e. The Hall–Kier alpha value is -1.64. The molecular formula is C27H44O12. The van der Waals surface area contributed by atoms with Gasteiger partial charge in [0.05, 0.1) is 44.4 Å². The summed E-state index contributed by atoms with van der Waals surface area (Å²) in [6.07, 6.45) is -5.17. The molecule has 3 rings (SSSR count). The van der Waals surface area contributed by atoms with Crippen molar-refractivity contribution < 1.29 is 59.5 Å². The number of aliphatic hydroxyl groups is 6. The number of aliphatic carboxylic acids is 1. The third-order valence-electron chi connectivity index (χ3n) is 8.93. The molecule has 39 heavy (non-hydrogen) atoms. The molecular weight excluding hydrogens is 516 g/mol. The molecule has 0 aromatic rings. The Bertz CT molecular complexity index is 918. The average molecular weight is 561 g/mol. The third kappa shape index (κ3) is 6.99. The highest BCUT2D eigenvalue weighted by Crippen LogP contribution is 2.60. The maximum Gasteiger partial charge on any atom is 0.308 e. The zero-order chi connectivity index (χ0) is 29.3. The van der Waals surface area contributed by atoms with Gasteiger partial charge in [0.2, 0.25) is 0 Å². The van der Waals surface area contributed by atoms with Crippen molar-refractivity contribution in [1.29, 1.82) is 0 Å². The maximum atomic E-state index is 12.5. The van der Waals surface area contributed by atoms with Crippen LogP contribution in [0.15, 0.2) is 11.6 Å². The number of allylic oxidation sites excluding steroid dienone is 1. The number of esters is 1. The molecule has 12 heteroatoms. The van der Waals surface area contributed by atoms with E-state index in [1.54, 1.807) is 0 Å². The van der Waals surface area contributed by atoms with E-state index in [4.69, 9.17) is 19.3 Å². The Balaban J connectivity index is 1.74. The number of carbonyl (C=O) groups is 2. The van der Waals surface area contributed by atoms with Crippen molar-refractivity contribution in [3.8, 4) is 0 Å². The van der Waals surface area contributed by atoms with E-state index >= 15 is 0 Å². The first-order valence-corrected chi connectivity index (χ1v) is 13.4. The van der Waals surface area contributed by atoms with E-state index in [1.807, 2.05) is 20.8 Å². The summed E-state index contributed by atoms with van der Waals surface area (Å²) in [5.41, 5.74) is -1.89. The predicted molar refractivity (Wildman–Crippen MR) is 135 cm³/mol. The smallest absolute Gasteiger partial charge is 0.308 e. The second-order valence-electron chi connectivity index (χ2n) is 12.4. The van der Waals surface area contributed by atoms with Crippen LogP contribution in [0.2, 0.25) is 0 Å². The summed E-state index contributed by atoms with van der Waals surface area (Å²) < 4.78 is 17.0. The molecule has 0 bridgehead atoms. The fourth-order valence-electron chi connectivity index (χ4n) is 6.98. The van der Waals surface area contributed by atoms with Gasteiger partial charge >= 0.3 is 11.9 Å². The van der Waals surface area contributed by atoms with Crippen molar-refractivity contribution in [2.24, 2.45) is 22.7 Å². The normalized spacial score (nSPS) is 42.2. The minimum absolute atomic E-state index is 0.0283. The van der Waals surface area contributed by atoms with Crippen molar-refractivity contribution in [3.63, 3.8) is 0 Å². The van der Waals surface area contributed by atoms with E-state index in [1.165, 1.54) is 6.92 Å².